The molecule has 144 valence electrons. The molecule has 2 fully saturated rings. The summed E-state index contributed by atoms with van der Waals surface area (Å²) in [5.74, 6) is 0.912. The SMILES string of the molecule is O=C(CCC(=O)C1CCC2OCCCCC2C1)C1=C(CO)C=CCCC1. The standard InChI is InChI=1S/C22H32O4/c23-15-18-7-2-1-3-8-19(18)21(25)11-10-20(24)16-9-12-22-17(14-16)6-4-5-13-26-22/h2,7,16-17,22-23H,1,3-6,8-15H2. The number of aliphatic hydroxyl groups excluding tert-OH is 1. The van der Waals surface area contributed by atoms with Gasteiger partial charge in [0, 0.05) is 30.9 Å². The molecule has 1 saturated heterocycles. The first-order valence-electron chi connectivity index (χ1n) is 10.4. The molecular formula is C22H32O4. The second-order valence-electron chi connectivity index (χ2n) is 8.02. The van der Waals surface area contributed by atoms with Crippen LogP contribution in [0.2, 0.25) is 0 Å². The molecule has 1 N–H and O–H groups in total. The first-order valence-corrected chi connectivity index (χ1v) is 10.4. The van der Waals surface area contributed by atoms with Gasteiger partial charge in [0.25, 0.3) is 0 Å². The summed E-state index contributed by atoms with van der Waals surface area (Å²) in [4.78, 5) is 25.3. The number of ketones is 2. The molecule has 3 rings (SSSR count). The number of hydrogen-bond donors (Lipinski definition) is 1. The highest BCUT2D eigenvalue weighted by Crippen LogP contribution is 2.37. The van der Waals surface area contributed by atoms with Crippen LogP contribution in [0, 0.1) is 11.8 Å². The van der Waals surface area contributed by atoms with Crippen LogP contribution in [0.1, 0.15) is 70.6 Å². The van der Waals surface area contributed by atoms with Gasteiger partial charge in [0.05, 0.1) is 12.7 Å². The average Bonchev–Trinajstić information content (AvgIpc) is 3.05. The highest BCUT2D eigenvalue weighted by Gasteiger charge is 2.35. The van der Waals surface area contributed by atoms with Crippen LogP contribution in [0.4, 0.5) is 0 Å². The van der Waals surface area contributed by atoms with E-state index in [4.69, 9.17) is 4.74 Å². The first kappa shape index (κ1) is 19.5. The van der Waals surface area contributed by atoms with Crippen molar-refractivity contribution in [1.82, 2.24) is 0 Å². The van der Waals surface area contributed by atoms with E-state index in [1.54, 1.807) is 0 Å². The van der Waals surface area contributed by atoms with Crippen LogP contribution < -0.4 is 0 Å². The quantitative estimate of drug-likeness (QED) is 0.780. The summed E-state index contributed by atoms with van der Waals surface area (Å²) in [6.45, 7) is 0.766. The Labute approximate surface area is 156 Å². The number of hydrogen-bond acceptors (Lipinski definition) is 4. The number of carbonyl (C=O) groups is 2. The maximum absolute atomic E-state index is 12.7. The molecule has 1 heterocycles. The molecule has 4 heteroatoms. The fourth-order valence-electron chi connectivity index (χ4n) is 4.74. The Balaban J connectivity index is 1.52. The van der Waals surface area contributed by atoms with Crippen molar-refractivity contribution >= 4 is 11.6 Å². The van der Waals surface area contributed by atoms with Crippen LogP contribution >= 0.6 is 0 Å². The van der Waals surface area contributed by atoms with Crippen molar-refractivity contribution in [3.63, 3.8) is 0 Å². The minimum absolute atomic E-state index is 0.0421. The fraction of sp³-hybridized carbons (Fsp3) is 0.727. The Morgan fingerprint density at radius 2 is 2.00 bits per heavy atom. The lowest BCUT2D eigenvalue weighted by molar-refractivity contribution is -0.128. The Morgan fingerprint density at radius 1 is 1.12 bits per heavy atom. The van der Waals surface area contributed by atoms with Gasteiger partial charge in [-0.15, -0.1) is 0 Å². The minimum Gasteiger partial charge on any atom is -0.392 e. The lowest BCUT2D eigenvalue weighted by atomic mass is 9.75. The zero-order chi connectivity index (χ0) is 18.4. The van der Waals surface area contributed by atoms with Crippen molar-refractivity contribution < 1.29 is 19.4 Å². The van der Waals surface area contributed by atoms with Crippen molar-refractivity contribution in [3.05, 3.63) is 23.3 Å². The van der Waals surface area contributed by atoms with Crippen LogP contribution in [0.15, 0.2) is 23.3 Å². The summed E-state index contributed by atoms with van der Waals surface area (Å²) < 4.78 is 5.95. The maximum Gasteiger partial charge on any atom is 0.159 e. The molecule has 0 radical (unpaired) electrons. The largest absolute Gasteiger partial charge is 0.392 e. The molecule has 26 heavy (non-hydrogen) atoms. The molecule has 1 aliphatic heterocycles. The highest BCUT2D eigenvalue weighted by atomic mass is 16.5. The Morgan fingerprint density at radius 3 is 2.85 bits per heavy atom. The summed E-state index contributed by atoms with van der Waals surface area (Å²) >= 11 is 0. The molecule has 0 aromatic carbocycles. The van der Waals surface area contributed by atoms with Crippen LogP contribution in [0.5, 0.6) is 0 Å². The van der Waals surface area contributed by atoms with Crippen molar-refractivity contribution in [3.8, 4) is 0 Å². The fourth-order valence-corrected chi connectivity index (χ4v) is 4.74. The Kier molecular flexibility index (Phi) is 7.21. The molecule has 3 atom stereocenters. The van der Waals surface area contributed by atoms with Gasteiger partial charge in [-0.25, -0.2) is 0 Å². The van der Waals surface area contributed by atoms with Crippen LogP contribution in [0.3, 0.4) is 0 Å². The molecule has 2 aliphatic carbocycles. The van der Waals surface area contributed by atoms with Gasteiger partial charge in [0.2, 0.25) is 0 Å². The van der Waals surface area contributed by atoms with E-state index in [-0.39, 0.29) is 30.5 Å². The zero-order valence-electron chi connectivity index (χ0n) is 15.8. The molecule has 1 saturated carbocycles. The number of aliphatic hydroxyl groups is 1. The lowest BCUT2D eigenvalue weighted by Crippen LogP contribution is -2.33. The van der Waals surface area contributed by atoms with E-state index in [2.05, 4.69) is 0 Å². The smallest absolute Gasteiger partial charge is 0.159 e. The third kappa shape index (κ3) is 4.92. The van der Waals surface area contributed by atoms with Gasteiger partial charge >= 0.3 is 0 Å². The summed E-state index contributed by atoms with van der Waals surface area (Å²) in [6.07, 6.45) is 13.8. The summed E-state index contributed by atoms with van der Waals surface area (Å²) in [5.41, 5.74) is 1.46. The van der Waals surface area contributed by atoms with Gasteiger partial charge in [0.1, 0.15) is 5.78 Å². The molecule has 0 bridgehead atoms. The van der Waals surface area contributed by atoms with Gasteiger partial charge in [0.15, 0.2) is 5.78 Å². The third-order valence-corrected chi connectivity index (χ3v) is 6.28. The number of allylic oxidation sites excluding steroid dienone is 2. The first-order chi connectivity index (χ1) is 12.7. The predicted molar refractivity (Wildman–Crippen MR) is 101 cm³/mol. The lowest BCUT2D eigenvalue weighted by Gasteiger charge is -2.34. The average molecular weight is 360 g/mol. The number of Topliss-reactive ketones (excluding diaryl/α,β-unsaturated/α-hetero) is 2. The van der Waals surface area contributed by atoms with Gasteiger partial charge in [-0.3, -0.25) is 9.59 Å². The predicted octanol–water partition coefficient (Wildman–Crippen LogP) is 3.92. The van der Waals surface area contributed by atoms with Gasteiger partial charge in [-0.1, -0.05) is 18.6 Å². The van der Waals surface area contributed by atoms with Crippen molar-refractivity contribution in [1.29, 1.82) is 0 Å². The number of ether oxygens (including phenoxy) is 1. The van der Waals surface area contributed by atoms with Crippen molar-refractivity contribution in [2.75, 3.05) is 13.2 Å². The Hall–Kier alpha value is -1.26. The number of rotatable bonds is 6. The molecule has 3 aliphatic rings. The maximum atomic E-state index is 12.7. The van der Waals surface area contributed by atoms with Crippen molar-refractivity contribution in [2.45, 2.75) is 76.7 Å². The summed E-state index contributed by atoms with van der Waals surface area (Å²) in [5, 5.41) is 9.51. The Bertz CT molecular complexity index is 575. The molecule has 0 amide bonds. The minimum atomic E-state index is -0.1000. The van der Waals surface area contributed by atoms with Crippen LogP contribution in [-0.2, 0) is 14.3 Å². The normalized spacial score (nSPS) is 29.7. The number of fused-ring (bicyclic) bond motifs is 1. The van der Waals surface area contributed by atoms with E-state index in [9.17, 15) is 14.7 Å². The second-order valence-corrected chi connectivity index (χ2v) is 8.02. The molecule has 0 aromatic heterocycles. The van der Waals surface area contributed by atoms with E-state index in [1.165, 1.54) is 12.8 Å². The van der Waals surface area contributed by atoms with Crippen LogP contribution in [0.25, 0.3) is 0 Å². The molecule has 0 spiro atoms. The molecular weight excluding hydrogens is 328 g/mol. The van der Waals surface area contributed by atoms with E-state index in [0.717, 1.165) is 56.3 Å². The third-order valence-electron chi connectivity index (χ3n) is 6.28. The van der Waals surface area contributed by atoms with Crippen molar-refractivity contribution in [2.24, 2.45) is 11.8 Å². The number of carbonyl (C=O) groups excluding carboxylic acids is 2. The molecule has 0 aromatic rings. The van der Waals surface area contributed by atoms with E-state index >= 15 is 0 Å². The molecule has 4 nitrogen and oxygen atoms in total. The van der Waals surface area contributed by atoms with Gasteiger partial charge in [-0.05, 0) is 62.9 Å². The monoisotopic (exact) mass is 360 g/mol. The second kappa shape index (κ2) is 9.61. The van der Waals surface area contributed by atoms with E-state index in [1.807, 2.05) is 12.2 Å². The van der Waals surface area contributed by atoms with Crippen LogP contribution in [-0.4, -0.2) is 36.0 Å². The van der Waals surface area contributed by atoms with E-state index < -0.39 is 0 Å². The molecule has 3 unspecified atom stereocenters. The van der Waals surface area contributed by atoms with Gasteiger partial charge < -0.3 is 9.84 Å². The zero-order valence-corrected chi connectivity index (χ0v) is 15.8. The summed E-state index contributed by atoms with van der Waals surface area (Å²) in [6, 6.07) is 0. The highest BCUT2D eigenvalue weighted by molar-refractivity contribution is 5.98. The van der Waals surface area contributed by atoms with E-state index in [0.29, 0.717) is 24.9 Å². The topological polar surface area (TPSA) is 63.6 Å². The summed E-state index contributed by atoms with van der Waals surface area (Å²) in [7, 11) is 0. The van der Waals surface area contributed by atoms with Gasteiger partial charge in [-0.2, -0.15) is 0 Å².